The zero-order chi connectivity index (χ0) is 19.4. The van der Waals surface area contributed by atoms with Crippen molar-refractivity contribution in [3.63, 3.8) is 0 Å². The van der Waals surface area contributed by atoms with Crippen molar-refractivity contribution in [2.75, 3.05) is 11.9 Å². The smallest absolute Gasteiger partial charge is 0.279 e. The first-order chi connectivity index (χ1) is 13.0. The average molecular weight is 391 g/mol. The van der Waals surface area contributed by atoms with Gasteiger partial charge in [-0.1, -0.05) is 35.9 Å². The maximum Gasteiger partial charge on any atom is 0.279 e. The Labute approximate surface area is 158 Å². The molecule has 1 aromatic heterocycles. The van der Waals surface area contributed by atoms with Crippen LogP contribution in [-0.4, -0.2) is 12.5 Å². The molecule has 0 unspecified atom stereocenters. The maximum atomic E-state index is 13.7. The van der Waals surface area contributed by atoms with E-state index in [1.165, 1.54) is 0 Å². The Morgan fingerprint density at radius 1 is 1.07 bits per heavy atom. The van der Waals surface area contributed by atoms with Crippen molar-refractivity contribution in [2.24, 2.45) is 0 Å². The normalized spacial score (nSPS) is 12.0. The largest absolute Gasteiger partial charge is 0.328 e. The lowest BCUT2D eigenvalue weighted by Crippen LogP contribution is -2.87. The van der Waals surface area contributed by atoms with Crippen LogP contribution in [0.5, 0.6) is 0 Å². The van der Waals surface area contributed by atoms with Crippen LogP contribution < -0.4 is 10.6 Å². The number of aryl methyl sites for hydroxylation is 1. The van der Waals surface area contributed by atoms with Crippen LogP contribution in [-0.2, 0) is 4.79 Å². The predicted molar refractivity (Wildman–Crippen MR) is 99.1 cm³/mol. The number of amides is 1. The summed E-state index contributed by atoms with van der Waals surface area (Å²) in [6, 6.07) is 13.6. The molecule has 3 nitrogen and oxygen atoms in total. The van der Waals surface area contributed by atoms with Gasteiger partial charge in [0.1, 0.15) is 6.04 Å². The maximum absolute atomic E-state index is 13.7. The second-order valence-corrected chi connectivity index (χ2v) is 7.09. The molecule has 0 radical (unpaired) electrons. The number of rotatable bonds is 6. The first-order valence-electron chi connectivity index (χ1n) is 8.32. The first-order valence-corrected chi connectivity index (χ1v) is 9.20. The Morgan fingerprint density at radius 3 is 2.48 bits per heavy atom. The molecule has 2 aromatic carbocycles. The Kier molecular flexibility index (Phi) is 5.93. The summed E-state index contributed by atoms with van der Waals surface area (Å²) in [7, 11) is 0. The number of thiophene rings is 1. The fraction of sp³-hybridized carbons (Fsp3) is 0.150. The van der Waals surface area contributed by atoms with E-state index >= 15 is 0 Å². The number of nitrogens with one attached hydrogen (secondary N) is 1. The standard InChI is InChI=1S/C20H17F3N2OS/c1-12-4-6-13(7-5-12)20(16-3-2-10-27-16)24-11-17(26)25-15-9-8-14(21)18(22)19(15)23/h2-10,20,24H,11H2,1H3,(H,25,26)/p+1/t20-/m1/s1. The number of benzene rings is 2. The van der Waals surface area contributed by atoms with Gasteiger partial charge >= 0.3 is 0 Å². The first kappa shape index (κ1) is 19.1. The molecule has 0 saturated heterocycles. The number of anilines is 1. The van der Waals surface area contributed by atoms with Crippen molar-refractivity contribution in [2.45, 2.75) is 13.0 Å². The van der Waals surface area contributed by atoms with Crippen LogP contribution in [0.15, 0.2) is 53.9 Å². The van der Waals surface area contributed by atoms with Crippen LogP contribution in [0.3, 0.4) is 0 Å². The van der Waals surface area contributed by atoms with E-state index in [9.17, 15) is 18.0 Å². The van der Waals surface area contributed by atoms with E-state index in [2.05, 4.69) is 5.32 Å². The third-order valence-electron chi connectivity index (χ3n) is 4.13. The summed E-state index contributed by atoms with van der Waals surface area (Å²) in [5.41, 5.74) is 1.79. The molecule has 3 aromatic rings. The summed E-state index contributed by atoms with van der Waals surface area (Å²) in [5, 5.41) is 6.07. The van der Waals surface area contributed by atoms with Gasteiger partial charge in [0.2, 0.25) is 0 Å². The van der Waals surface area contributed by atoms with Gasteiger partial charge in [0, 0.05) is 5.56 Å². The number of carbonyl (C=O) groups is 1. The van der Waals surface area contributed by atoms with Crippen molar-refractivity contribution < 1.29 is 23.3 Å². The van der Waals surface area contributed by atoms with E-state index in [-0.39, 0.29) is 18.3 Å². The molecule has 0 bridgehead atoms. The quantitative estimate of drug-likeness (QED) is 0.618. The number of carbonyl (C=O) groups excluding carboxylic acids is 1. The molecule has 0 spiro atoms. The van der Waals surface area contributed by atoms with Gasteiger partial charge in [-0.15, -0.1) is 11.3 Å². The van der Waals surface area contributed by atoms with Gasteiger partial charge in [-0.25, -0.2) is 13.2 Å². The number of hydrogen-bond acceptors (Lipinski definition) is 2. The van der Waals surface area contributed by atoms with E-state index in [1.807, 2.05) is 54.0 Å². The molecule has 140 valence electrons. The van der Waals surface area contributed by atoms with Crippen molar-refractivity contribution in [1.29, 1.82) is 0 Å². The highest BCUT2D eigenvalue weighted by Crippen LogP contribution is 2.23. The molecule has 1 atom stereocenters. The van der Waals surface area contributed by atoms with Crippen LogP contribution >= 0.6 is 11.3 Å². The summed E-state index contributed by atoms with van der Waals surface area (Å²) >= 11 is 1.58. The van der Waals surface area contributed by atoms with E-state index in [1.54, 1.807) is 11.3 Å². The molecule has 7 heteroatoms. The summed E-state index contributed by atoms with van der Waals surface area (Å²) in [4.78, 5) is 13.3. The minimum Gasteiger partial charge on any atom is -0.328 e. The molecule has 1 amide bonds. The summed E-state index contributed by atoms with van der Waals surface area (Å²) in [6.07, 6.45) is 0. The molecule has 0 aliphatic carbocycles. The van der Waals surface area contributed by atoms with Crippen LogP contribution in [0.2, 0.25) is 0 Å². The fourth-order valence-electron chi connectivity index (χ4n) is 2.71. The highest BCUT2D eigenvalue weighted by atomic mass is 32.1. The second kappa shape index (κ2) is 8.37. The lowest BCUT2D eigenvalue weighted by atomic mass is 10.0. The molecule has 3 N–H and O–H groups in total. The summed E-state index contributed by atoms with van der Waals surface area (Å²) in [6.45, 7) is 1.99. The summed E-state index contributed by atoms with van der Waals surface area (Å²) in [5.74, 6) is -4.81. The third-order valence-corrected chi connectivity index (χ3v) is 5.09. The Bertz CT molecular complexity index is 927. The van der Waals surface area contributed by atoms with Gasteiger partial charge < -0.3 is 10.6 Å². The molecule has 0 aliphatic rings. The highest BCUT2D eigenvalue weighted by molar-refractivity contribution is 7.10. The van der Waals surface area contributed by atoms with Crippen molar-refractivity contribution in [1.82, 2.24) is 0 Å². The zero-order valence-electron chi connectivity index (χ0n) is 14.5. The van der Waals surface area contributed by atoms with Gasteiger partial charge in [-0.05, 0) is 30.5 Å². The van der Waals surface area contributed by atoms with Crippen molar-refractivity contribution >= 4 is 22.9 Å². The molecule has 3 rings (SSSR count). The van der Waals surface area contributed by atoms with E-state index in [0.717, 1.165) is 28.1 Å². The Morgan fingerprint density at radius 2 is 1.81 bits per heavy atom. The van der Waals surface area contributed by atoms with Crippen LogP contribution in [0.25, 0.3) is 0 Å². The minimum atomic E-state index is -1.60. The summed E-state index contributed by atoms with van der Waals surface area (Å²) < 4.78 is 40.0. The predicted octanol–water partition coefficient (Wildman–Crippen LogP) is 3.77. The van der Waals surface area contributed by atoms with Gasteiger partial charge in [-0.3, -0.25) is 4.79 Å². The average Bonchev–Trinajstić information content (AvgIpc) is 3.18. The Hall–Kier alpha value is -2.64. The van der Waals surface area contributed by atoms with Crippen LogP contribution in [0, 0.1) is 24.4 Å². The lowest BCUT2D eigenvalue weighted by molar-refractivity contribution is -0.675. The van der Waals surface area contributed by atoms with Gasteiger partial charge in [0.15, 0.2) is 24.0 Å². The van der Waals surface area contributed by atoms with Crippen LogP contribution in [0.1, 0.15) is 22.0 Å². The van der Waals surface area contributed by atoms with Gasteiger partial charge in [0.05, 0.1) is 10.6 Å². The van der Waals surface area contributed by atoms with Gasteiger partial charge in [-0.2, -0.15) is 0 Å². The molecule has 1 heterocycles. The SMILES string of the molecule is Cc1ccc([C@@H]([NH2+]CC(=O)Nc2ccc(F)c(F)c2F)c2cccs2)cc1. The molecular weight excluding hydrogens is 373 g/mol. The third kappa shape index (κ3) is 4.56. The molecule has 0 saturated carbocycles. The molecule has 0 aliphatic heterocycles. The fourth-order valence-corrected chi connectivity index (χ4v) is 3.56. The molecule has 27 heavy (non-hydrogen) atoms. The lowest BCUT2D eigenvalue weighted by Gasteiger charge is -2.15. The highest BCUT2D eigenvalue weighted by Gasteiger charge is 2.21. The van der Waals surface area contributed by atoms with Gasteiger partial charge in [0.25, 0.3) is 5.91 Å². The van der Waals surface area contributed by atoms with Crippen molar-refractivity contribution in [3.8, 4) is 0 Å². The second-order valence-electron chi connectivity index (χ2n) is 6.11. The van der Waals surface area contributed by atoms with E-state index in [4.69, 9.17) is 0 Å². The monoisotopic (exact) mass is 391 g/mol. The number of quaternary nitrogens is 1. The van der Waals surface area contributed by atoms with E-state index in [0.29, 0.717) is 0 Å². The molecular formula is C20H18F3N2OS+. The topological polar surface area (TPSA) is 45.7 Å². The number of halogens is 3. The minimum absolute atomic E-state index is 0.00508. The Balaban J connectivity index is 1.71. The number of nitrogens with two attached hydrogens (primary N) is 1. The van der Waals surface area contributed by atoms with Crippen molar-refractivity contribution in [3.05, 3.63) is 87.4 Å². The molecule has 0 fully saturated rings. The zero-order valence-corrected chi connectivity index (χ0v) is 15.3. The van der Waals surface area contributed by atoms with Crippen LogP contribution in [0.4, 0.5) is 18.9 Å². The number of hydrogen-bond donors (Lipinski definition) is 2. The van der Waals surface area contributed by atoms with E-state index < -0.39 is 23.4 Å².